The zero-order valence-corrected chi connectivity index (χ0v) is 13.7. The molecule has 0 bridgehead atoms. The fourth-order valence-electron chi connectivity index (χ4n) is 3.39. The Balaban J connectivity index is 1.34. The summed E-state index contributed by atoms with van der Waals surface area (Å²) in [6.07, 6.45) is 2.29. The van der Waals surface area contributed by atoms with E-state index in [2.05, 4.69) is 33.4 Å². The first-order chi connectivity index (χ1) is 12.2. The normalized spacial score (nSPS) is 15.8. The molecule has 2 heterocycles. The molecule has 2 aromatic carbocycles. The summed E-state index contributed by atoms with van der Waals surface area (Å²) >= 11 is 0. The average Bonchev–Trinajstić information content (AvgIpc) is 3.17. The van der Waals surface area contributed by atoms with Crippen molar-refractivity contribution in [3.8, 4) is 0 Å². The van der Waals surface area contributed by atoms with Crippen LogP contribution in [0, 0.1) is 0 Å². The number of carbonyl (C=O) groups excluding carboxylic acids is 2. The van der Waals surface area contributed by atoms with Gasteiger partial charge in [-0.3, -0.25) is 9.59 Å². The summed E-state index contributed by atoms with van der Waals surface area (Å²) < 4.78 is 2.13. The average molecular weight is 333 g/mol. The Labute approximate surface area is 145 Å². The first-order valence-electron chi connectivity index (χ1n) is 8.43. The van der Waals surface area contributed by atoms with E-state index < -0.39 is 0 Å². The highest BCUT2D eigenvalue weighted by molar-refractivity contribution is 5.99. The predicted octanol–water partition coefficient (Wildman–Crippen LogP) is 2.63. The van der Waals surface area contributed by atoms with E-state index in [0.717, 1.165) is 11.1 Å². The third kappa shape index (κ3) is 3.01. The molecule has 0 radical (unpaired) electrons. The maximum absolute atomic E-state index is 12.2. The molecule has 1 aliphatic rings. The topological polar surface area (TPSA) is 63.1 Å². The van der Waals surface area contributed by atoms with Crippen molar-refractivity contribution in [2.24, 2.45) is 0 Å². The van der Waals surface area contributed by atoms with Crippen molar-refractivity contribution in [3.63, 3.8) is 0 Å². The van der Waals surface area contributed by atoms with E-state index in [1.807, 2.05) is 36.5 Å². The Morgan fingerprint density at radius 1 is 1.08 bits per heavy atom. The molecule has 0 fully saturated rings. The van der Waals surface area contributed by atoms with Crippen LogP contribution in [0.15, 0.2) is 60.8 Å². The zero-order valence-electron chi connectivity index (χ0n) is 13.7. The first-order valence-corrected chi connectivity index (χ1v) is 8.43. The summed E-state index contributed by atoms with van der Waals surface area (Å²) in [4.78, 5) is 24.1. The molecular formula is C20H19N3O2. The van der Waals surface area contributed by atoms with Gasteiger partial charge in [0.05, 0.1) is 12.5 Å². The van der Waals surface area contributed by atoms with Crippen LogP contribution in [0.1, 0.15) is 28.4 Å². The van der Waals surface area contributed by atoms with E-state index in [4.69, 9.17) is 0 Å². The third-order valence-corrected chi connectivity index (χ3v) is 4.63. The molecule has 0 aliphatic carbocycles. The van der Waals surface area contributed by atoms with Gasteiger partial charge in [-0.05, 0) is 29.1 Å². The quantitative estimate of drug-likeness (QED) is 0.754. The summed E-state index contributed by atoms with van der Waals surface area (Å²) in [6, 6.07) is 17.4. The molecule has 2 amide bonds. The SMILES string of the molecule is O=C(C[C@H]1NC(=O)c2ccccc21)NCCn1ccc2ccccc21. The van der Waals surface area contributed by atoms with Gasteiger partial charge in [-0.2, -0.15) is 0 Å². The number of nitrogens with one attached hydrogen (secondary N) is 2. The molecule has 4 rings (SSSR count). The summed E-state index contributed by atoms with van der Waals surface area (Å²) in [5.74, 6) is -0.161. The zero-order chi connectivity index (χ0) is 17.2. The Kier molecular flexibility index (Phi) is 3.98. The van der Waals surface area contributed by atoms with Gasteiger partial charge in [-0.15, -0.1) is 0 Å². The molecule has 1 aromatic heterocycles. The second kappa shape index (κ2) is 6.43. The Morgan fingerprint density at radius 3 is 2.80 bits per heavy atom. The van der Waals surface area contributed by atoms with Crippen molar-refractivity contribution in [2.45, 2.75) is 19.0 Å². The van der Waals surface area contributed by atoms with E-state index in [0.29, 0.717) is 18.7 Å². The number of nitrogens with zero attached hydrogens (tertiary/aromatic N) is 1. The van der Waals surface area contributed by atoms with Crippen LogP contribution in [-0.4, -0.2) is 22.9 Å². The number of para-hydroxylation sites is 1. The van der Waals surface area contributed by atoms with Crippen LogP contribution in [0.25, 0.3) is 10.9 Å². The van der Waals surface area contributed by atoms with Gasteiger partial charge in [0, 0.05) is 30.4 Å². The first kappa shape index (κ1) is 15.4. The molecule has 25 heavy (non-hydrogen) atoms. The van der Waals surface area contributed by atoms with Crippen molar-refractivity contribution in [2.75, 3.05) is 6.54 Å². The maximum atomic E-state index is 12.2. The second-order valence-corrected chi connectivity index (χ2v) is 6.24. The van der Waals surface area contributed by atoms with Crippen LogP contribution < -0.4 is 10.6 Å². The molecule has 3 aromatic rings. The standard InChI is InChI=1S/C20H19N3O2/c24-19(13-17-15-6-2-3-7-16(15)20(25)22-17)21-10-12-23-11-9-14-5-1-4-8-18(14)23/h1-9,11,17H,10,12-13H2,(H,21,24)(H,22,25)/t17-/m1/s1. The number of rotatable bonds is 5. The number of fused-ring (bicyclic) bond motifs is 2. The van der Waals surface area contributed by atoms with Gasteiger partial charge in [0.2, 0.25) is 5.91 Å². The van der Waals surface area contributed by atoms with Crippen LogP contribution >= 0.6 is 0 Å². The summed E-state index contributed by atoms with van der Waals surface area (Å²) in [6.45, 7) is 1.27. The number of carbonyl (C=O) groups is 2. The molecule has 1 atom stereocenters. The van der Waals surface area contributed by atoms with Gasteiger partial charge in [0.15, 0.2) is 0 Å². The molecule has 0 spiro atoms. The number of amides is 2. The predicted molar refractivity (Wildman–Crippen MR) is 96.2 cm³/mol. The number of benzene rings is 2. The number of aromatic nitrogens is 1. The van der Waals surface area contributed by atoms with E-state index in [1.54, 1.807) is 6.07 Å². The van der Waals surface area contributed by atoms with Gasteiger partial charge in [0.25, 0.3) is 5.91 Å². The lowest BCUT2D eigenvalue weighted by molar-refractivity contribution is -0.121. The molecule has 5 nitrogen and oxygen atoms in total. The van der Waals surface area contributed by atoms with Crippen LogP contribution in [-0.2, 0) is 11.3 Å². The highest BCUT2D eigenvalue weighted by Gasteiger charge is 2.29. The van der Waals surface area contributed by atoms with E-state index in [9.17, 15) is 9.59 Å². The second-order valence-electron chi connectivity index (χ2n) is 6.24. The minimum absolute atomic E-state index is 0.0570. The Bertz CT molecular complexity index is 945. The monoisotopic (exact) mass is 333 g/mol. The highest BCUT2D eigenvalue weighted by atomic mass is 16.2. The summed E-state index contributed by atoms with van der Waals surface area (Å²) in [5, 5.41) is 7.01. The largest absolute Gasteiger partial charge is 0.354 e. The maximum Gasteiger partial charge on any atom is 0.252 e. The lowest BCUT2D eigenvalue weighted by Gasteiger charge is -2.12. The smallest absolute Gasteiger partial charge is 0.252 e. The molecule has 1 aliphatic heterocycles. The molecular weight excluding hydrogens is 314 g/mol. The van der Waals surface area contributed by atoms with Crippen LogP contribution in [0.4, 0.5) is 0 Å². The van der Waals surface area contributed by atoms with Gasteiger partial charge < -0.3 is 15.2 Å². The van der Waals surface area contributed by atoms with Gasteiger partial charge >= 0.3 is 0 Å². The summed E-state index contributed by atoms with van der Waals surface area (Å²) in [7, 11) is 0. The minimum Gasteiger partial charge on any atom is -0.354 e. The van der Waals surface area contributed by atoms with Gasteiger partial charge in [-0.1, -0.05) is 36.4 Å². The van der Waals surface area contributed by atoms with E-state index >= 15 is 0 Å². The van der Waals surface area contributed by atoms with Crippen molar-refractivity contribution in [3.05, 3.63) is 71.9 Å². The van der Waals surface area contributed by atoms with Crippen LogP contribution in [0.2, 0.25) is 0 Å². The highest BCUT2D eigenvalue weighted by Crippen LogP contribution is 2.27. The van der Waals surface area contributed by atoms with Crippen molar-refractivity contribution in [1.29, 1.82) is 0 Å². The van der Waals surface area contributed by atoms with Crippen LogP contribution in [0.5, 0.6) is 0 Å². The van der Waals surface area contributed by atoms with E-state index in [-0.39, 0.29) is 24.3 Å². The minimum atomic E-state index is -0.240. The fourth-order valence-corrected chi connectivity index (χ4v) is 3.39. The molecule has 5 heteroatoms. The third-order valence-electron chi connectivity index (χ3n) is 4.63. The van der Waals surface area contributed by atoms with Gasteiger partial charge in [0.1, 0.15) is 0 Å². The number of hydrogen-bond donors (Lipinski definition) is 2. The van der Waals surface area contributed by atoms with Crippen molar-refractivity contribution < 1.29 is 9.59 Å². The Morgan fingerprint density at radius 2 is 1.88 bits per heavy atom. The number of hydrogen-bond acceptors (Lipinski definition) is 2. The lowest BCUT2D eigenvalue weighted by Crippen LogP contribution is -2.31. The van der Waals surface area contributed by atoms with Crippen LogP contribution in [0.3, 0.4) is 0 Å². The van der Waals surface area contributed by atoms with Crippen molar-refractivity contribution in [1.82, 2.24) is 15.2 Å². The van der Waals surface area contributed by atoms with Gasteiger partial charge in [-0.25, -0.2) is 0 Å². The lowest BCUT2D eigenvalue weighted by atomic mass is 10.0. The molecule has 0 unspecified atom stereocenters. The van der Waals surface area contributed by atoms with Crippen molar-refractivity contribution >= 4 is 22.7 Å². The fraction of sp³-hybridized carbons (Fsp3) is 0.200. The molecule has 0 saturated heterocycles. The molecule has 126 valence electrons. The Hall–Kier alpha value is -3.08. The molecule has 0 saturated carbocycles. The molecule has 2 N–H and O–H groups in total. The van der Waals surface area contributed by atoms with E-state index in [1.165, 1.54) is 5.39 Å². The summed E-state index contributed by atoms with van der Waals surface area (Å²) in [5.41, 5.74) is 2.73.